The maximum absolute atomic E-state index is 14.2. The Labute approximate surface area is 363 Å². The van der Waals surface area contributed by atoms with Gasteiger partial charge in [-0.2, -0.15) is 4.31 Å². The number of sulfonamides is 1. The number of hydrogen-bond acceptors (Lipinski definition) is 12. The molecule has 3 saturated heterocycles. The molecule has 9 atom stereocenters. The number of allylic oxidation sites excluding steroid dienone is 3. The van der Waals surface area contributed by atoms with Crippen LogP contribution < -0.4 is 15.0 Å². The highest BCUT2D eigenvalue weighted by Gasteiger charge is 2.64. The van der Waals surface area contributed by atoms with Crippen molar-refractivity contribution in [2.45, 2.75) is 129 Å². The van der Waals surface area contributed by atoms with E-state index in [2.05, 4.69) is 5.32 Å². The normalized spacial score (nSPS) is 31.8. The molecule has 0 saturated carbocycles. The zero-order chi connectivity index (χ0) is 45.2. The predicted octanol–water partition coefficient (Wildman–Crippen LogP) is 4.89. The van der Waals surface area contributed by atoms with Gasteiger partial charge in [-0.1, -0.05) is 69.0 Å². The first-order valence-corrected chi connectivity index (χ1v) is 22.9. The Morgan fingerprint density at radius 2 is 1.79 bits per heavy atom. The number of imide groups is 1. The summed E-state index contributed by atoms with van der Waals surface area (Å²) in [6.07, 6.45) is 4.17. The molecule has 1 aromatic carbocycles. The van der Waals surface area contributed by atoms with E-state index in [0.29, 0.717) is 43.7 Å². The van der Waals surface area contributed by atoms with Crippen LogP contribution in [0.4, 0.5) is 10.5 Å². The largest absolute Gasteiger partial charge is 0.495 e. The van der Waals surface area contributed by atoms with E-state index in [9.17, 15) is 37.5 Å². The fourth-order valence-electron chi connectivity index (χ4n) is 8.27. The van der Waals surface area contributed by atoms with Crippen molar-refractivity contribution in [1.29, 1.82) is 0 Å². The van der Waals surface area contributed by atoms with Crippen molar-refractivity contribution in [2.24, 2.45) is 17.8 Å². The summed E-state index contributed by atoms with van der Waals surface area (Å²) < 4.78 is 51.4. The summed E-state index contributed by atoms with van der Waals surface area (Å²) >= 11 is 6.77. The Hall–Kier alpha value is -4.03. The molecule has 16 nitrogen and oxygen atoms in total. The van der Waals surface area contributed by atoms with Gasteiger partial charge >= 0.3 is 12.1 Å². The molecule has 4 amide bonds. The van der Waals surface area contributed by atoms with Gasteiger partial charge in [-0.3, -0.25) is 29.4 Å². The summed E-state index contributed by atoms with van der Waals surface area (Å²) in [5.74, 6) is -3.08. The molecule has 61 heavy (non-hydrogen) atoms. The lowest BCUT2D eigenvalue weighted by Gasteiger charge is -2.41. The van der Waals surface area contributed by atoms with E-state index in [0.717, 1.165) is 15.4 Å². The van der Waals surface area contributed by atoms with Gasteiger partial charge in [0.1, 0.15) is 40.3 Å². The summed E-state index contributed by atoms with van der Waals surface area (Å²) in [7, 11) is 0.357. The number of fused-ring (bicyclic) bond motifs is 5. The fourth-order valence-corrected chi connectivity index (χ4v) is 10.0. The Balaban J connectivity index is 1.36. The van der Waals surface area contributed by atoms with E-state index in [4.69, 9.17) is 30.5 Å². The van der Waals surface area contributed by atoms with Crippen LogP contribution in [0.2, 0.25) is 5.02 Å². The van der Waals surface area contributed by atoms with Crippen molar-refractivity contribution in [3.05, 3.63) is 46.5 Å². The Kier molecular flexibility index (Phi) is 15.1. The number of aliphatic hydroxyl groups is 1. The van der Waals surface area contributed by atoms with E-state index < -0.39 is 81.9 Å². The lowest BCUT2D eigenvalue weighted by Crippen LogP contribution is -2.60. The van der Waals surface area contributed by atoms with Crippen molar-refractivity contribution < 1.29 is 56.4 Å². The Morgan fingerprint density at radius 1 is 1.10 bits per heavy atom. The second-order valence-electron chi connectivity index (χ2n) is 17.3. The lowest BCUT2D eigenvalue weighted by molar-refractivity contribution is -0.157. The number of benzene rings is 1. The van der Waals surface area contributed by atoms with E-state index in [-0.39, 0.29) is 47.8 Å². The molecule has 4 heterocycles. The van der Waals surface area contributed by atoms with Crippen LogP contribution in [0.1, 0.15) is 92.1 Å². The average Bonchev–Trinajstić information content (AvgIpc) is 3.83. The third kappa shape index (κ3) is 10.8. The molecule has 4 aliphatic rings. The molecule has 5 rings (SSSR count). The number of esters is 1. The number of carbonyl (C=O) groups excluding carboxylic acids is 5. The van der Waals surface area contributed by atoms with E-state index in [1.54, 1.807) is 53.0 Å². The molecule has 2 N–H and O–H groups in total. The van der Waals surface area contributed by atoms with Gasteiger partial charge in [-0.15, -0.1) is 0 Å². The fraction of sp³-hybridized carbons (Fsp3) is 0.651. The molecule has 3 fully saturated rings. The molecule has 4 aliphatic heterocycles. The van der Waals surface area contributed by atoms with Crippen molar-refractivity contribution in [2.75, 3.05) is 38.4 Å². The number of methoxy groups -OCH3 is 1. The number of likely N-dealkylation sites (N-methyl/N-ethyl adjacent to an activating group) is 1. The second-order valence-corrected chi connectivity index (χ2v) is 19.8. The van der Waals surface area contributed by atoms with Crippen molar-refractivity contribution in [3.63, 3.8) is 0 Å². The number of carbonyl (C=O) groups is 5. The average molecular weight is 893 g/mol. The van der Waals surface area contributed by atoms with Crippen LogP contribution in [0.5, 0.6) is 5.75 Å². The summed E-state index contributed by atoms with van der Waals surface area (Å²) in [5, 5.41) is 14.5. The number of likely N-dealkylation sites (tertiary alicyclic amines) is 1. The van der Waals surface area contributed by atoms with E-state index >= 15 is 0 Å². The number of alkyl carbamates (subject to hydrolysis) is 1. The van der Waals surface area contributed by atoms with Crippen LogP contribution in [-0.4, -0.2) is 122 Å². The topological polar surface area (TPSA) is 202 Å². The van der Waals surface area contributed by atoms with Gasteiger partial charge in [0.2, 0.25) is 27.7 Å². The van der Waals surface area contributed by atoms with E-state index in [1.807, 2.05) is 19.1 Å². The van der Waals surface area contributed by atoms with Crippen molar-refractivity contribution >= 4 is 57.1 Å². The monoisotopic (exact) mass is 892 g/mol. The number of rotatable bonds is 12. The van der Waals surface area contributed by atoms with Gasteiger partial charge in [0, 0.05) is 51.2 Å². The molecular weight excluding hydrogens is 832 g/mol. The molecule has 0 aliphatic carbocycles. The number of epoxide rings is 1. The molecule has 338 valence electrons. The van der Waals surface area contributed by atoms with Gasteiger partial charge < -0.3 is 29.0 Å². The summed E-state index contributed by atoms with van der Waals surface area (Å²) in [6, 6.07) is 2.27. The van der Waals surface area contributed by atoms with Crippen molar-refractivity contribution in [3.8, 4) is 5.75 Å². The maximum atomic E-state index is 14.2. The molecule has 4 bridgehead atoms. The van der Waals surface area contributed by atoms with Gasteiger partial charge in [0.25, 0.3) is 0 Å². The standard InChI is InChI=1S/C43H61ClN4O12S/c1-25-15-14-16-27(3)43(54)24-33(58-41(53)45-43)28(4)38-42(6,60-38)34(23-35(49)46(7)31-21-30(19-25)22-32(57-9)37(31)44)59-40(52)29(5)47(8)61(55,56)18-13-11-10-12-17-48-36(50)20-26(2)39(48)51/h14-16,21-22,26-29,33-34,38,54H,10-13,17-20,23-24H2,1-9H3,(H,45,53)/b16-14+,25-15+/t26?,27?,28?,29-,33?,34?,38?,42?,43?/m0/s1. The highest BCUT2D eigenvalue weighted by molar-refractivity contribution is 7.89. The van der Waals surface area contributed by atoms with Crippen LogP contribution in [0.25, 0.3) is 0 Å². The molecule has 1 aromatic rings. The van der Waals surface area contributed by atoms with Gasteiger partial charge in [0.15, 0.2) is 0 Å². The maximum Gasteiger partial charge on any atom is 0.409 e. The quantitative estimate of drug-likeness (QED) is 0.125. The number of nitrogens with one attached hydrogen (secondary N) is 1. The molecular formula is C43H61ClN4O12S. The number of ether oxygens (including phenoxy) is 4. The number of unbranched alkanes of at least 4 members (excludes halogenated alkanes) is 3. The molecule has 8 unspecified atom stereocenters. The summed E-state index contributed by atoms with van der Waals surface area (Å²) in [5.41, 5.74) is -0.867. The molecule has 0 spiro atoms. The zero-order valence-electron chi connectivity index (χ0n) is 36.6. The van der Waals surface area contributed by atoms with Crippen LogP contribution >= 0.6 is 11.6 Å². The predicted molar refractivity (Wildman–Crippen MR) is 227 cm³/mol. The minimum Gasteiger partial charge on any atom is -0.495 e. The second kappa shape index (κ2) is 19.2. The van der Waals surface area contributed by atoms with Crippen LogP contribution in [0.15, 0.2) is 35.9 Å². The Morgan fingerprint density at radius 3 is 2.44 bits per heavy atom. The first-order chi connectivity index (χ1) is 28.5. The summed E-state index contributed by atoms with van der Waals surface area (Å²) in [4.78, 5) is 67.9. The Bertz CT molecular complexity index is 2050. The highest BCUT2D eigenvalue weighted by atomic mass is 35.5. The smallest absolute Gasteiger partial charge is 0.409 e. The highest BCUT2D eigenvalue weighted by Crippen LogP contribution is 2.49. The minimum atomic E-state index is -3.95. The zero-order valence-corrected chi connectivity index (χ0v) is 38.1. The third-order valence-electron chi connectivity index (χ3n) is 12.7. The first-order valence-electron chi connectivity index (χ1n) is 20.9. The van der Waals surface area contributed by atoms with Gasteiger partial charge in [0.05, 0.1) is 31.1 Å². The third-order valence-corrected chi connectivity index (χ3v) is 15.1. The number of amides is 4. The minimum absolute atomic E-state index is 0.0110. The van der Waals surface area contributed by atoms with Crippen molar-refractivity contribution in [1.82, 2.24) is 14.5 Å². The molecule has 18 heteroatoms. The number of anilines is 1. The van der Waals surface area contributed by atoms with Gasteiger partial charge in [-0.05, 0) is 57.7 Å². The molecule has 0 radical (unpaired) electrons. The van der Waals surface area contributed by atoms with Gasteiger partial charge in [-0.25, -0.2) is 13.2 Å². The van der Waals surface area contributed by atoms with Crippen LogP contribution in [0.3, 0.4) is 0 Å². The number of hydrogen-bond donors (Lipinski definition) is 2. The number of halogens is 1. The summed E-state index contributed by atoms with van der Waals surface area (Å²) in [6.45, 7) is 10.6. The SMILES string of the molecule is COc1cc2cc(c1Cl)N(C)C(=O)CC(OC(=O)[C@H](C)N(C)S(=O)(=O)CCCCCCN1C(=O)CC(C)C1=O)C1(C)OC1C(C)C1CC(O)(NC(=O)O1)C(C)/C=C/C=C(\C)C2. The first kappa shape index (κ1) is 48.0. The van der Waals surface area contributed by atoms with Crippen LogP contribution in [-0.2, 0) is 49.8 Å². The lowest BCUT2D eigenvalue weighted by atomic mass is 9.82. The van der Waals surface area contributed by atoms with Crippen LogP contribution in [0, 0.1) is 17.8 Å². The number of nitrogens with zero attached hydrogens (tertiary/aromatic N) is 3. The van der Waals surface area contributed by atoms with E-state index in [1.165, 1.54) is 30.9 Å². The molecule has 0 aromatic heterocycles.